The number of aromatic nitrogens is 3. The van der Waals surface area contributed by atoms with Crippen LogP contribution < -0.4 is 5.32 Å². The SMILES string of the molecule is CC(=O)Nc1cc(-c2cn(C)nc2-c2ccccc2)ccn1. The molecular formula is C17H16N4O. The second-order valence-corrected chi connectivity index (χ2v) is 5.04. The van der Waals surface area contributed by atoms with Gasteiger partial charge in [0, 0.05) is 37.5 Å². The molecule has 110 valence electrons. The van der Waals surface area contributed by atoms with E-state index >= 15 is 0 Å². The summed E-state index contributed by atoms with van der Waals surface area (Å²) in [6.45, 7) is 1.47. The molecule has 3 aromatic rings. The summed E-state index contributed by atoms with van der Waals surface area (Å²) in [4.78, 5) is 15.3. The Hall–Kier alpha value is -2.95. The molecule has 0 saturated heterocycles. The molecule has 0 aliphatic carbocycles. The van der Waals surface area contributed by atoms with Crippen LogP contribution in [-0.4, -0.2) is 20.7 Å². The van der Waals surface area contributed by atoms with E-state index in [9.17, 15) is 4.79 Å². The minimum Gasteiger partial charge on any atom is -0.311 e. The summed E-state index contributed by atoms with van der Waals surface area (Å²) in [5.74, 6) is 0.395. The largest absolute Gasteiger partial charge is 0.311 e. The van der Waals surface area contributed by atoms with E-state index in [2.05, 4.69) is 15.4 Å². The molecule has 3 rings (SSSR count). The van der Waals surface area contributed by atoms with Crippen molar-refractivity contribution in [1.82, 2.24) is 14.8 Å². The molecule has 5 nitrogen and oxygen atoms in total. The van der Waals surface area contributed by atoms with Crippen molar-refractivity contribution in [3.63, 3.8) is 0 Å². The second-order valence-electron chi connectivity index (χ2n) is 5.04. The molecule has 0 bridgehead atoms. The zero-order chi connectivity index (χ0) is 15.5. The lowest BCUT2D eigenvalue weighted by Crippen LogP contribution is -2.07. The van der Waals surface area contributed by atoms with Gasteiger partial charge in [-0.2, -0.15) is 5.10 Å². The number of anilines is 1. The summed E-state index contributed by atoms with van der Waals surface area (Å²) in [7, 11) is 1.89. The number of rotatable bonds is 3. The number of nitrogens with zero attached hydrogens (tertiary/aromatic N) is 3. The van der Waals surface area contributed by atoms with Gasteiger partial charge in [-0.05, 0) is 17.7 Å². The summed E-state index contributed by atoms with van der Waals surface area (Å²) >= 11 is 0. The lowest BCUT2D eigenvalue weighted by atomic mass is 10.0. The maximum Gasteiger partial charge on any atom is 0.222 e. The monoisotopic (exact) mass is 292 g/mol. The number of aryl methyl sites for hydroxylation is 1. The summed E-state index contributed by atoms with van der Waals surface area (Å²) in [6.07, 6.45) is 3.65. The van der Waals surface area contributed by atoms with Crippen molar-refractivity contribution in [2.24, 2.45) is 7.05 Å². The summed E-state index contributed by atoms with van der Waals surface area (Å²) in [6, 6.07) is 13.8. The standard InChI is InChI=1S/C17H16N4O/c1-12(22)19-16-10-14(8-9-18-16)15-11-21(2)20-17(15)13-6-4-3-5-7-13/h3-11H,1-2H3,(H,18,19,22). The number of carbonyl (C=O) groups excluding carboxylic acids is 1. The third-order valence-corrected chi connectivity index (χ3v) is 3.25. The van der Waals surface area contributed by atoms with Crippen LogP contribution in [0, 0.1) is 0 Å². The fraction of sp³-hybridized carbons (Fsp3) is 0.118. The Balaban J connectivity index is 2.07. The molecule has 5 heteroatoms. The molecule has 22 heavy (non-hydrogen) atoms. The number of nitrogens with one attached hydrogen (secondary N) is 1. The van der Waals surface area contributed by atoms with Crippen LogP contribution >= 0.6 is 0 Å². The highest BCUT2D eigenvalue weighted by Crippen LogP contribution is 2.31. The second kappa shape index (κ2) is 5.81. The Kier molecular flexibility index (Phi) is 3.70. The van der Waals surface area contributed by atoms with Crippen molar-refractivity contribution in [3.05, 3.63) is 54.9 Å². The Morgan fingerprint density at radius 1 is 1.14 bits per heavy atom. The van der Waals surface area contributed by atoms with Gasteiger partial charge in [0.25, 0.3) is 0 Å². The van der Waals surface area contributed by atoms with E-state index in [0.29, 0.717) is 5.82 Å². The summed E-state index contributed by atoms with van der Waals surface area (Å²) in [5.41, 5.74) is 3.92. The maximum absolute atomic E-state index is 11.2. The predicted molar refractivity (Wildman–Crippen MR) is 86.2 cm³/mol. The number of benzene rings is 1. The molecule has 1 aromatic carbocycles. The molecule has 2 aromatic heterocycles. The van der Waals surface area contributed by atoms with E-state index in [1.165, 1.54) is 6.92 Å². The van der Waals surface area contributed by atoms with Crippen LogP contribution in [0.25, 0.3) is 22.4 Å². The van der Waals surface area contributed by atoms with Gasteiger partial charge in [0.05, 0.1) is 0 Å². The zero-order valence-electron chi connectivity index (χ0n) is 12.4. The minimum atomic E-state index is -0.140. The lowest BCUT2D eigenvalue weighted by molar-refractivity contribution is -0.114. The molecule has 2 heterocycles. The van der Waals surface area contributed by atoms with Crippen LogP contribution in [0.2, 0.25) is 0 Å². The molecule has 1 N–H and O–H groups in total. The van der Waals surface area contributed by atoms with Gasteiger partial charge in [0.2, 0.25) is 5.91 Å². The van der Waals surface area contributed by atoms with Crippen molar-refractivity contribution >= 4 is 11.7 Å². The van der Waals surface area contributed by atoms with Crippen molar-refractivity contribution < 1.29 is 4.79 Å². The molecule has 0 aliphatic rings. The normalized spacial score (nSPS) is 10.5. The van der Waals surface area contributed by atoms with Crippen LogP contribution in [0.5, 0.6) is 0 Å². The van der Waals surface area contributed by atoms with Crippen molar-refractivity contribution in [3.8, 4) is 22.4 Å². The van der Waals surface area contributed by atoms with Gasteiger partial charge < -0.3 is 5.32 Å². The molecule has 0 atom stereocenters. The number of hydrogen-bond donors (Lipinski definition) is 1. The van der Waals surface area contributed by atoms with Gasteiger partial charge in [0.1, 0.15) is 11.5 Å². The highest BCUT2D eigenvalue weighted by Gasteiger charge is 2.12. The van der Waals surface area contributed by atoms with Crippen LogP contribution in [-0.2, 0) is 11.8 Å². The van der Waals surface area contributed by atoms with Gasteiger partial charge in [0.15, 0.2) is 0 Å². The Morgan fingerprint density at radius 2 is 1.91 bits per heavy atom. The number of amides is 1. The minimum absolute atomic E-state index is 0.140. The van der Waals surface area contributed by atoms with E-state index in [-0.39, 0.29) is 5.91 Å². The fourth-order valence-corrected chi connectivity index (χ4v) is 2.36. The summed E-state index contributed by atoms with van der Waals surface area (Å²) in [5, 5.41) is 7.26. The predicted octanol–water partition coefficient (Wildman–Crippen LogP) is 3.11. The molecule has 0 spiro atoms. The van der Waals surface area contributed by atoms with E-state index in [0.717, 1.165) is 22.4 Å². The molecule has 0 fully saturated rings. The quantitative estimate of drug-likeness (QED) is 0.807. The molecule has 0 saturated carbocycles. The third kappa shape index (κ3) is 2.88. The van der Waals surface area contributed by atoms with Crippen LogP contribution in [0.15, 0.2) is 54.9 Å². The molecule has 0 aliphatic heterocycles. The molecule has 0 radical (unpaired) electrons. The van der Waals surface area contributed by atoms with Gasteiger partial charge in [-0.1, -0.05) is 30.3 Å². The number of carbonyl (C=O) groups is 1. The summed E-state index contributed by atoms with van der Waals surface area (Å²) < 4.78 is 1.79. The number of hydrogen-bond acceptors (Lipinski definition) is 3. The third-order valence-electron chi connectivity index (χ3n) is 3.25. The molecule has 1 amide bonds. The van der Waals surface area contributed by atoms with Gasteiger partial charge in [-0.25, -0.2) is 4.98 Å². The van der Waals surface area contributed by atoms with Gasteiger partial charge in [-0.15, -0.1) is 0 Å². The highest BCUT2D eigenvalue weighted by molar-refractivity contribution is 5.89. The van der Waals surface area contributed by atoms with Crippen LogP contribution in [0.3, 0.4) is 0 Å². The van der Waals surface area contributed by atoms with Crippen molar-refractivity contribution in [2.75, 3.05) is 5.32 Å². The zero-order valence-corrected chi connectivity index (χ0v) is 12.4. The molecule has 0 unspecified atom stereocenters. The van der Waals surface area contributed by atoms with E-state index in [1.807, 2.05) is 55.7 Å². The fourth-order valence-electron chi connectivity index (χ4n) is 2.36. The Labute approximate surface area is 128 Å². The smallest absolute Gasteiger partial charge is 0.222 e. The van der Waals surface area contributed by atoms with Gasteiger partial charge in [-0.3, -0.25) is 9.48 Å². The van der Waals surface area contributed by atoms with Gasteiger partial charge >= 0.3 is 0 Å². The van der Waals surface area contributed by atoms with E-state index < -0.39 is 0 Å². The topological polar surface area (TPSA) is 59.8 Å². The average molecular weight is 292 g/mol. The Morgan fingerprint density at radius 3 is 2.64 bits per heavy atom. The van der Waals surface area contributed by atoms with Crippen molar-refractivity contribution in [1.29, 1.82) is 0 Å². The lowest BCUT2D eigenvalue weighted by Gasteiger charge is -2.05. The maximum atomic E-state index is 11.2. The first-order chi connectivity index (χ1) is 10.6. The Bertz CT molecular complexity index is 809. The first-order valence-corrected chi connectivity index (χ1v) is 6.96. The first-order valence-electron chi connectivity index (χ1n) is 6.96. The van der Waals surface area contributed by atoms with Crippen molar-refractivity contribution in [2.45, 2.75) is 6.92 Å². The number of pyridine rings is 1. The van der Waals surface area contributed by atoms with Crippen LogP contribution in [0.4, 0.5) is 5.82 Å². The van der Waals surface area contributed by atoms with Crippen LogP contribution in [0.1, 0.15) is 6.92 Å². The average Bonchev–Trinajstić information content (AvgIpc) is 2.90. The highest BCUT2D eigenvalue weighted by atomic mass is 16.1. The molecular weight excluding hydrogens is 276 g/mol. The first kappa shape index (κ1) is 14.0. The van der Waals surface area contributed by atoms with E-state index in [1.54, 1.807) is 10.9 Å². The van der Waals surface area contributed by atoms with E-state index in [4.69, 9.17) is 0 Å².